The van der Waals surface area contributed by atoms with Gasteiger partial charge in [-0.2, -0.15) is 0 Å². The van der Waals surface area contributed by atoms with Gasteiger partial charge in [0.1, 0.15) is 5.78 Å². The summed E-state index contributed by atoms with van der Waals surface area (Å²) in [6.07, 6.45) is 8.67. The van der Waals surface area contributed by atoms with Gasteiger partial charge in [0.05, 0.1) is 0 Å². The van der Waals surface area contributed by atoms with Gasteiger partial charge in [-0.3, -0.25) is 4.79 Å². The van der Waals surface area contributed by atoms with Crippen LogP contribution in [0.3, 0.4) is 0 Å². The predicted octanol–water partition coefficient (Wildman–Crippen LogP) is 3.34. The van der Waals surface area contributed by atoms with Gasteiger partial charge in [0.25, 0.3) is 0 Å². The van der Waals surface area contributed by atoms with Crippen LogP contribution in [0.25, 0.3) is 0 Å². The molecule has 0 atom stereocenters. The third-order valence-electron chi connectivity index (χ3n) is 2.12. The Kier molecular flexibility index (Phi) is 16.6. The van der Waals surface area contributed by atoms with E-state index >= 15 is 0 Å². The Balaban J connectivity index is 0. The van der Waals surface area contributed by atoms with E-state index in [9.17, 15) is 4.79 Å². The van der Waals surface area contributed by atoms with Crippen molar-refractivity contribution in [2.45, 2.75) is 65.2 Å². The molecule has 0 rings (SSSR count). The molecule has 0 aromatic rings. The molecular weight excluding hydrogens is 227 g/mol. The summed E-state index contributed by atoms with van der Waals surface area (Å²) in [5, 5.41) is 0. The number of ketones is 1. The van der Waals surface area contributed by atoms with Crippen molar-refractivity contribution in [2.24, 2.45) is 0 Å². The lowest BCUT2D eigenvalue weighted by Gasteiger charge is -1.98. The maximum Gasteiger partial charge on any atom is 0.692 e. The molecule has 2 N–H and O–H groups in total. The lowest BCUT2D eigenvalue weighted by atomic mass is 10.1. The molecule has 0 spiro atoms. The van der Waals surface area contributed by atoms with Gasteiger partial charge in [-0.15, -0.1) is 9.79 Å². The average Bonchev–Trinajstić information content (AvgIpc) is 2.18. The highest BCUT2D eigenvalue weighted by molar-refractivity contribution is 7.30. The molecule has 0 radical (unpaired) electrons. The minimum Gasteiger partial charge on any atom is -0.300 e. The number of hydrogen-bond acceptors (Lipinski definition) is 2. The zero-order valence-electron chi connectivity index (χ0n) is 10.3. The van der Waals surface area contributed by atoms with Crippen molar-refractivity contribution in [1.29, 1.82) is 0 Å². The van der Waals surface area contributed by atoms with Gasteiger partial charge in [-0.25, -0.2) is 0 Å². The quantitative estimate of drug-likeness (QED) is 0.512. The lowest BCUT2D eigenvalue weighted by Crippen LogP contribution is -1.96. The number of carbonyl (C=O) groups excluding carboxylic acids is 1. The third-order valence-corrected chi connectivity index (χ3v) is 2.12. The van der Waals surface area contributed by atoms with Crippen molar-refractivity contribution < 1.29 is 19.1 Å². The summed E-state index contributed by atoms with van der Waals surface area (Å²) in [4.78, 5) is 25.4. The molecule has 0 bridgehead atoms. The molecule has 5 heteroatoms. The van der Waals surface area contributed by atoms with Crippen LogP contribution in [0, 0.1) is 0 Å². The topological polar surface area (TPSA) is 74.6 Å². The predicted molar refractivity (Wildman–Crippen MR) is 65.3 cm³/mol. The maximum absolute atomic E-state index is 11.2. The Morgan fingerprint density at radius 1 is 0.938 bits per heavy atom. The summed E-state index contributed by atoms with van der Waals surface area (Å²) in [5.74, 6) is 0.469. The zero-order chi connectivity index (χ0) is 12.8. The molecule has 96 valence electrons. The van der Waals surface area contributed by atoms with E-state index in [0.717, 1.165) is 25.7 Å². The molecule has 0 heterocycles. The van der Waals surface area contributed by atoms with E-state index in [1.54, 1.807) is 0 Å². The van der Waals surface area contributed by atoms with E-state index in [2.05, 4.69) is 13.8 Å². The van der Waals surface area contributed by atoms with Crippen molar-refractivity contribution in [1.82, 2.24) is 0 Å². The zero-order valence-corrected chi connectivity index (χ0v) is 11.2. The molecule has 0 aromatic heterocycles. The molecule has 0 saturated carbocycles. The second-order valence-electron chi connectivity index (χ2n) is 3.71. The molecule has 4 nitrogen and oxygen atoms in total. The highest BCUT2D eigenvalue weighted by Gasteiger charge is 1.99. The van der Waals surface area contributed by atoms with Crippen LogP contribution in [-0.2, 0) is 9.36 Å². The summed E-state index contributed by atoms with van der Waals surface area (Å²) in [6.45, 7) is 4.34. The van der Waals surface area contributed by atoms with E-state index in [0.29, 0.717) is 5.78 Å². The van der Waals surface area contributed by atoms with Crippen molar-refractivity contribution >= 4 is 14.0 Å². The smallest absolute Gasteiger partial charge is 0.300 e. The van der Waals surface area contributed by atoms with Crippen LogP contribution in [0.2, 0.25) is 0 Å². The molecule has 0 saturated heterocycles. The first-order valence-electron chi connectivity index (χ1n) is 5.91. The molecule has 16 heavy (non-hydrogen) atoms. The Morgan fingerprint density at radius 2 is 1.25 bits per heavy atom. The summed E-state index contributed by atoms with van der Waals surface area (Å²) in [6, 6.07) is 0. The van der Waals surface area contributed by atoms with Gasteiger partial charge in [-0.1, -0.05) is 39.5 Å². The summed E-state index contributed by atoms with van der Waals surface area (Å²) in [5.41, 5.74) is 0. The van der Waals surface area contributed by atoms with Crippen molar-refractivity contribution in [3.8, 4) is 0 Å². The number of unbranched alkanes of at least 4 members (excludes halogenated alkanes) is 4. The molecule has 0 unspecified atom stereocenters. The van der Waals surface area contributed by atoms with Crippen molar-refractivity contribution in [3.05, 3.63) is 0 Å². The molecule has 0 amide bonds. The van der Waals surface area contributed by atoms with Gasteiger partial charge in [0.2, 0.25) is 0 Å². The largest absolute Gasteiger partial charge is 0.692 e. The monoisotopic (exact) mass is 251 g/mol. The van der Waals surface area contributed by atoms with Crippen molar-refractivity contribution in [2.75, 3.05) is 0 Å². The molecule has 0 aliphatic rings. The standard InChI is InChI=1S/C11H22O.HO3P/c1-3-5-7-9-11(12)10-8-6-4-2;1-4(2)3/h3-10H2,1-2H3;(H-,1,2,3)/p+1. The van der Waals surface area contributed by atoms with Crippen LogP contribution in [0.15, 0.2) is 0 Å². The molecular formula is C11H24O4P+. The van der Waals surface area contributed by atoms with E-state index in [-0.39, 0.29) is 0 Å². The SMILES string of the molecule is CCCCCC(=O)CCCCC.O=[P+](O)O. The van der Waals surface area contributed by atoms with Gasteiger partial charge in [-0.05, 0) is 12.8 Å². The number of carbonyl (C=O) groups is 1. The summed E-state index contributed by atoms with van der Waals surface area (Å²) < 4.78 is 8.70. The fourth-order valence-corrected chi connectivity index (χ4v) is 1.27. The fourth-order valence-electron chi connectivity index (χ4n) is 1.27. The second-order valence-corrected chi connectivity index (χ2v) is 4.21. The Labute approximate surface area is 99.0 Å². The van der Waals surface area contributed by atoms with Crippen LogP contribution in [0.1, 0.15) is 65.2 Å². The van der Waals surface area contributed by atoms with E-state index in [1.807, 2.05) is 0 Å². The Morgan fingerprint density at radius 3 is 1.50 bits per heavy atom. The first-order valence-corrected chi connectivity index (χ1v) is 7.07. The van der Waals surface area contributed by atoms with Crippen LogP contribution in [0.5, 0.6) is 0 Å². The first kappa shape index (κ1) is 18.1. The maximum atomic E-state index is 11.2. The first-order chi connectivity index (χ1) is 7.54. The fraction of sp³-hybridized carbons (Fsp3) is 0.909. The van der Waals surface area contributed by atoms with Crippen molar-refractivity contribution in [3.63, 3.8) is 0 Å². The minimum absolute atomic E-state index is 0.469. The molecule has 0 fully saturated rings. The Bertz CT molecular complexity index is 167. The van der Waals surface area contributed by atoms with Crippen LogP contribution in [-0.4, -0.2) is 15.6 Å². The lowest BCUT2D eigenvalue weighted by molar-refractivity contribution is -0.119. The van der Waals surface area contributed by atoms with E-state index < -0.39 is 8.25 Å². The van der Waals surface area contributed by atoms with Crippen LogP contribution in [0.4, 0.5) is 0 Å². The highest BCUT2D eigenvalue weighted by atomic mass is 31.1. The van der Waals surface area contributed by atoms with E-state index in [1.165, 1.54) is 25.7 Å². The number of hydrogen-bond donors (Lipinski definition) is 2. The molecule has 0 aromatic carbocycles. The highest BCUT2D eigenvalue weighted by Crippen LogP contribution is 2.05. The second kappa shape index (κ2) is 14.7. The van der Waals surface area contributed by atoms with E-state index in [4.69, 9.17) is 14.4 Å². The Hall–Kier alpha value is -0.310. The van der Waals surface area contributed by atoms with Gasteiger partial charge < -0.3 is 0 Å². The normalized spacial score (nSPS) is 9.25. The van der Waals surface area contributed by atoms with Gasteiger partial charge in [0.15, 0.2) is 0 Å². The number of rotatable bonds is 8. The van der Waals surface area contributed by atoms with Gasteiger partial charge in [0, 0.05) is 17.4 Å². The minimum atomic E-state index is -2.87. The summed E-state index contributed by atoms with van der Waals surface area (Å²) >= 11 is 0. The average molecular weight is 251 g/mol. The molecule has 0 aliphatic heterocycles. The molecule has 0 aliphatic carbocycles. The van der Waals surface area contributed by atoms with Crippen LogP contribution >= 0.6 is 8.25 Å². The third kappa shape index (κ3) is 23.5. The van der Waals surface area contributed by atoms with Crippen LogP contribution < -0.4 is 0 Å². The van der Waals surface area contributed by atoms with Gasteiger partial charge >= 0.3 is 8.25 Å². The summed E-state index contributed by atoms with van der Waals surface area (Å²) in [7, 11) is -2.87. The number of Topliss-reactive ketones (excluding diaryl/α,β-unsaturated/α-hetero) is 1.